The van der Waals surface area contributed by atoms with Crippen molar-refractivity contribution in [1.29, 1.82) is 0 Å². The summed E-state index contributed by atoms with van der Waals surface area (Å²) in [6.07, 6.45) is 1.21. The van der Waals surface area contributed by atoms with E-state index in [0.29, 0.717) is 36.3 Å². The number of carbonyl (C=O) groups is 3. The van der Waals surface area contributed by atoms with Crippen molar-refractivity contribution in [1.82, 2.24) is 20.0 Å². The van der Waals surface area contributed by atoms with E-state index in [1.54, 1.807) is 24.0 Å². The second-order valence-corrected chi connectivity index (χ2v) is 8.31. The van der Waals surface area contributed by atoms with Crippen molar-refractivity contribution in [2.24, 2.45) is 4.99 Å². The van der Waals surface area contributed by atoms with Gasteiger partial charge in [0.1, 0.15) is 11.7 Å². The average molecular weight is 458 g/mol. The van der Waals surface area contributed by atoms with Gasteiger partial charge in [-0.25, -0.2) is 9.38 Å². The van der Waals surface area contributed by atoms with Crippen LogP contribution in [0.25, 0.3) is 0 Å². The van der Waals surface area contributed by atoms with E-state index < -0.39 is 23.8 Å². The van der Waals surface area contributed by atoms with Crippen molar-refractivity contribution < 1.29 is 23.9 Å². The molecule has 3 rings (SSSR count). The summed E-state index contributed by atoms with van der Waals surface area (Å²) in [7, 11) is 4.50. The molecular weight excluding hydrogens is 429 g/mol. The van der Waals surface area contributed by atoms with Crippen LogP contribution in [0.2, 0.25) is 0 Å². The third-order valence-corrected chi connectivity index (χ3v) is 5.75. The molecule has 0 spiro atoms. The molecular formula is C23H28FN5O4. The predicted octanol–water partition coefficient (Wildman–Crippen LogP) is 1.46. The molecule has 0 aliphatic carbocycles. The molecule has 1 atom stereocenters. The minimum Gasteiger partial charge on any atom is -0.504 e. The Kier molecular flexibility index (Phi) is 6.85. The van der Waals surface area contributed by atoms with E-state index in [0.717, 1.165) is 0 Å². The Balaban J connectivity index is 1.85. The van der Waals surface area contributed by atoms with Crippen molar-refractivity contribution >= 4 is 23.6 Å². The Morgan fingerprint density at radius 2 is 1.97 bits per heavy atom. The highest BCUT2D eigenvalue weighted by Gasteiger charge is 2.39. The number of hydrogen-bond acceptors (Lipinski definition) is 6. The van der Waals surface area contributed by atoms with E-state index in [1.807, 2.05) is 0 Å². The van der Waals surface area contributed by atoms with Crippen molar-refractivity contribution in [2.75, 3.05) is 27.7 Å². The van der Waals surface area contributed by atoms with Gasteiger partial charge in [0, 0.05) is 34.2 Å². The second kappa shape index (κ2) is 9.43. The van der Waals surface area contributed by atoms with Crippen LogP contribution in [0.1, 0.15) is 24.0 Å². The number of nitrogens with zero attached hydrogens (tertiary/aromatic N) is 4. The molecule has 176 valence electrons. The van der Waals surface area contributed by atoms with Crippen LogP contribution in [0.3, 0.4) is 0 Å². The van der Waals surface area contributed by atoms with Crippen molar-refractivity contribution in [3.8, 4) is 0 Å². The van der Waals surface area contributed by atoms with Crippen LogP contribution in [-0.4, -0.2) is 77.1 Å². The summed E-state index contributed by atoms with van der Waals surface area (Å²) in [4.78, 5) is 46.2. The molecule has 2 aliphatic rings. The van der Waals surface area contributed by atoms with Gasteiger partial charge < -0.3 is 25.1 Å². The molecule has 0 radical (unpaired) electrons. The predicted molar refractivity (Wildman–Crippen MR) is 120 cm³/mol. The van der Waals surface area contributed by atoms with Crippen LogP contribution in [0.15, 0.2) is 46.9 Å². The zero-order chi connectivity index (χ0) is 24.4. The number of halogens is 1. The largest absolute Gasteiger partial charge is 0.504 e. The number of likely N-dealkylation sites (N-methyl/N-ethyl adjacent to an activating group) is 2. The van der Waals surface area contributed by atoms with Crippen molar-refractivity contribution in [2.45, 2.75) is 32.4 Å². The van der Waals surface area contributed by atoms with Gasteiger partial charge in [0.25, 0.3) is 5.91 Å². The van der Waals surface area contributed by atoms with Crippen LogP contribution < -0.4 is 5.32 Å². The van der Waals surface area contributed by atoms with Gasteiger partial charge in [0.2, 0.25) is 0 Å². The van der Waals surface area contributed by atoms with Gasteiger partial charge in [-0.1, -0.05) is 18.7 Å². The average Bonchev–Trinajstić information content (AvgIpc) is 2.79. The lowest BCUT2D eigenvalue weighted by atomic mass is 9.99. The standard InChI is InChI=1S/C23H28FN5O4/c1-13-11-15(8-9-16(13)24)12-25-21(31)18-19(30)14(2)29-10-6-7-17(20(29)26-18)28(5)23(33)22(32)27(3)4/h8-9,11,17,30H,2,6-7,10,12H2,1,3-5H3,(H,25,31). The summed E-state index contributed by atoms with van der Waals surface area (Å²) >= 11 is 0. The molecule has 1 fully saturated rings. The Morgan fingerprint density at radius 1 is 1.27 bits per heavy atom. The number of amidine groups is 1. The fourth-order valence-corrected chi connectivity index (χ4v) is 3.80. The number of aliphatic hydroxyl groups is 1. The van der Waals surface area contributed by atoms with Gasteiger partial charge in [-0.2, -0.15) is 0 Å². The Bertz CT molecular complexity index is 1080. The van der Waals surface area contributed by atoms with Crippen LogP contribution in [0, 0.1) is 12.7 Å². The van der Waals surface area contributed by atoms with E-state index in [1.165, 1.54) is 37.0 Å². The van der Waals surface area contributed by atoms with E-state index >= 15 is 0 Å². The Morgan fingerprint density at radius 3 is 2.61 bits per heavy atom. The summed E-state index contributed by atoms with van der Waals surface area (Å²) in [6, 6.07) is 3.94. The van der Waals surface area contributed by atoms with Gasteiger partial charge in [-0.05, 0) is 37.0 Å². The number of aliphatic hydroxyl groups excluding tert-OH is 1. The molecule has 1 aromatic carbocycles. The maximum Gasteiger partial charge on any atom is 0.312 e. The molecule has 3 amide bonds. The molecule has 0 aromatic heterocycles. The van der Waals surface area contributed by atoms with E-state index in [4.69, 9.17) is 0 Å². The minimum absolute atomic E-state index is 0.108. The molecule has 9 nitrogen and oxygen atoms in total. The first-order valence-corrected chi connectivity index (χ1v) is 10.5. The lowest BCUT2D eigenvalue weighted by Crippen LogP contribution is -2.56. The number of hydrogen-bond donors (Lipinski definition) is 2. The van der Waals surface area contributed by atoms with E-state index in [9.17, 15) is 23.9 Å². The molecule has 1 aromatic rings. The number of benzene rings is 1. The number of carbonyl (C=O) groups excluding carboxylic acids is 3. The smallest absolute Gasteiger partial charge is 0.312 e. The molecule has 10 heteroatoms. The maximum absolute atomic E-state index is 13.5. The van der Waals surface area contributed by atoms with Crippen molar-refractivity contribution in [3.63, 3.8) is 0 Å². The quantitative estimate of drug-likeness (QED) is 0.666. The zero-order valence-corrected chi connectivity index (χ0v) is 19.2. The lowest BCUT2D eigenvalue weighted by Gasteiger charge is -2.42. The first kappa shape index (κ1) is 24.0. The van der Waals surface area contributed by atoms with Crippen LogP contribution in [0.4, 0.5) is 4.39 Å². The van der Waals surface area contributed by atoms with E-state index in [-0.39, 0.29) is 29.5 Å². The van der Waals surface area contributed by atoms with Gasteiger partial charge in [-0.15, -0.1) is 0 Å². The molecule has 2 N–H and O–H groups in total. The summed E-state index contributed by atoms with van der Waals surface area (Å²) < 4.78 is 13.5. The zero-order valence-electron chi connectivity index (χ0n) is 19.2. The number of amides is 3. The number of fused-ring (bicyclic) bond motifs is 1. The summed E-state index contributed by atoms with van der Waals surface area (Å²) in [5, 5.41) is 13.3. The Labute approximate surface area is 191 Å². The maximum atomic E-state index is 13.5. The number of rotatable bonds is 4. The van der Waals surface area contributed by atoms with Gasteiger partial charge in [0.05, 0.1) is 11.7 Å². The number of piperidine rings is 1. The highest BCUT2D eigenvalue weighted by molar-refractivity contribution is 6.35. The first-order valence-electron chi connectivity index (χ1n) is 10.5. The van der Waals surface area contributed by atoms with E-state index in [2.05, 4.69) is 16.9 Å². The molecule has 0 bridgehead atoms. The second-order valence-electron chi connectivity index (χ2n) is 8.31. The fraction of sp³-hybridized carbons (Fsp3) is 0.391. The monoisotopic (exact) mass is 457 g/mol. The molecule has 33 heavy (non-hydrogen) atoms. The van der Waals surface area contributed by atoms with Gasteiger partial charge >= 0.3 is 11.8 Å². The molecule has 0 saturated carbocycles. The molecule has 1 unspecified atom stereocenters. The van der Waals surface area contributed by atoms with Crippen LogP contribution >= 0.6 is 0 Å². The van der Waals surface area contributed by atoms with Gasteiger partial charge in [0.15, 0.2) is 11.5 Å². The third-order valence-electron chi connectivity index (χ3n) is 5.75. The lowest BCUT2D eigenvalue weighted by molar-refractivity contribution is -0.150. The number of aliphatic imine (C=N–C) groups is 1. The minimum atomic E-state index is -0.698. The number of aryl methyl sites for hydroxylation is 1. The first-order chi connectivity index (χ1) is 15.5. The SMILES string of the molecule is C=C1C(O)=C(C(=O)NCc2ccc(F)c(C)c2)N=C2C(N(C)C(=O)C(=O)N(C)C)CCCN12. The van der Waals surface area contributed by atoms with Crippen molar-refractivity contribution in [3.05, 3.63) is 58.9 Å². The van der Waals surface area contributed by atoms with Crippen LogP contribution in [0.5, 0.6) is 0 Å². The highest BCUT2D eigenvalue weighted by Crippen LogP contribution is 2.30. The number of nitrogens with one attached hydrogen (secondary N) is 1. The molecule has 1 saturated heterocycles. The van der Waals surface area contributed by atoms with Gasteiger partial charge in [-0.3, -0.25) is 14.4 Å². The normalized spacial score (nSPS) is 17.8. The Hall–Kier alpha value is -3.69. The summed E-state index contributed by atoms with van der Waals surface area (Å²) in [5.41, 5.74) is 1.12. The summed E-state index contributed by atoms with van der Waals surface area (Å²) in [5.74, 6) is -2.33. The summed E-state index contributed by atoms with van der Waals surface area (Å²) in [6.45, 7) is 6.13. The fourth-order valence-electron chi connectivity index (χ4n) is 3.80. The van der Waals surface area contributed by atoms with Crippen LogP contribution in [-0.2, 0) is 20.9 Å². The third kappa shape index (κ3) is 4.74. The molecule has 2 aliphatic heterocycles. The molecule has 2 heterocycles. The highest BCUT2D eigenvalue weighted by atomic mass is 19.1. The topological polar surface area (TPSA) is 106 Å².